The zero-order valence-electron chi connectivity index (χ0n) is 18.9. The zero-order valence-corrected chi connectivity index (χ0v) is 19.7. The number of thiazole rings is 1. The van der Waals surface area contributed by atoms with Gasteiger partial charge in [0.05, 0.1) is 6.04 Å². The molecule has 5 nitrogen and oxygen atoms in total. The van der Waals surface area contributed by atoms with E-state index in [-0.39, 0.29) is 12.1 Å². The Morgan fingerprint density at radius 2 is 1.78 bits per heavy atom. The van der Waals surface area contributed by atoms with Gasteiger partial charge in [-0.25, -0.2) is 9.78 Å². The van der Waals surface area contributed by atoms with Gasteiger partial charge in [-0.3, -0.25) is 0 Å². The van der Waals surface area contributed by atoms with Crippen molar-refractivity contribution >= 4 is 17.4 Å². The summed E-state index contributed by atoms with van der Waals surface area (Å²) >= 11 is 1.65. The number of benzene rings is 2. The maximum absolute atomic E-state index is 12.4. The highest BCUT2D eigenvalue weighted by atomic mass is 32.1. The van der Waals surface area contributed by atoms with E-state index >= 15 is 0 Å². The predicted octanol–water partition coefficient (Wildman–Crippen LogP) is 6.18. The van der Waals surface area contributed by atoms with Crippen molar-refractivity contribution in [2.75, 3.05) is 13.2 Å². The van der Waals surface area contributed by atoms with Gasteiger partial charge in [0.1, 0.15) is 23.0 Å². The van der Waals surface area contributed by atoms with Crippen LogP contribution in [0.4, 0.5) is 4.79 Å². The van der Waals surface area contributed by atoms with Crippen LogP contribution in [0.5, 0.6) is 5.75 Å². The molecule has 3 aromatic rings. The van der Waals surface area contributed by atoms with Crippen molar-refractivity contribution in [2.24, 2.45) is 0 Å². The maximum Gasteiger partial charge on any atom is 0.410 e. The normalized spacial score (nSPS) is 16.2. The molecule has 1 fully saturated rings. The van der Waals surface area contributed by atoms with E-state index in [9.17, 15) is 4.79 Å². The van der Waals surface area contributed by atoms with Gasteiger partial charge in [0.15, 0.2) is 0 Å². The molecule has 1 aromatic heterocycles. The van der Waals surface area contributed by atoms with Crippen molar-refractivity contribution in [3.05, 3.63) is 71.2 Å². The lowest BCUT2D eigenvalue weighted by Gasteiger charge is -2.28. The van der Waals surface area contributed by atoms with Crippen LogP contribution in [0.25, 0.3) is 10.6 Å². The summed E-state index contributed by atoms with van der Waals surface area (Å²) in [6.45, 7) is 6.88. The van der Waals surface area contributed by atoms with Gasteiger partial charge in [0.25, 0.3) is 0 Å². The van der Waals surface area contributed by atoms with Crippen molar-refractivity contribution in [3.8, 4) is 16.3 Å². The number of hydrogen-bond donors (Lipinski definition) is 0. The first-order valence-corrected chi connectivity index (χ1v) is 12.0. The third-order valence-electron chi connectivity index (χ3n) is 5.41. The SMILES string of the molecule is CC(C)(C)OC(=O)N1CCC[C@H]1COc1ccc(Cc2ccc(-c3nccs3)cc2)cc1. The Morgan fingerprint density at radius 1 is 1.09 bits per heavy atom. The first-order valence-electron chi connectivity index (χ1n) is 11.1. The molecule has 2 aromatic carbocycles. The second kappa shape index (κ2) is 9.74. The number of nitrogens with zero attached hydrogens (tertiary/aromatic N) is 2. The minimum Gasteiger partial charge on any atom is -0.491 e. The van der Waals surface area contributed by atoms with Crippen molar-refractivity contribution in [3.63, 3.8) is 0 Å². The molecular weight excluding hydrogens is 420 g/mol. The molecule has 1 aliphatic rings. The predicted molar refractivity (Wildman–Crippen MR) is 128 cm³/mol. The zero-order chi connectivity index (χ0) is 22.6. The average Bonchev–Trinajstić information content (AvgIpc) is 3.45. The quantitative estimate of drug-likeness (QED) is 0.450. The molecule has 4 rings (SSSR count). The molecule has 0 saturated carbocycles. The number of amides is 1. The summed E-state index contributed by atoms with van der Waals surface area (Å²) in [5, 5.41) is 3.04. The molecule has 0 unspecified atom stereocenters. The monoisotopic (exact) mass is 450 g/mol. The summed E-state index contributed by atoms with van der Waals surface area (Å²) in [6, 6.07) is 16.8. The third-order valence-corrected chi connectivity index (χ3v) is 6.23. The second-order valence-corrected chi connectivity index (χ2v) is 10.0. The van der Waals surface area contributed by atoms with Crippen LogP contribution in [-0.2, 0) is 11.2 Å². The van der Waals surface area contributed by atoms with E-state index in [2.05, 4.69) is 41.4 Å². The number of ether oxygens (including phenoxy) is 2. The van der Waals surface area contributed by atoms with Crippen molar-refractivity contribution in [1.82, 2.24) is 9.88 Å². The lowest BCUT2D eigenvalue weighted by atomic mass is 10.0. The van der Waals surface area contributed by atoms with E-state index in [0.717, 1.165) is 42.1 Å². The Balaban J connectivity index is 1.30. The molecule has 0 N–H and O–H groups in total. The van der Waals surface area contributed by atoms with Crippen molar-refractivity contribution in [1.29, 1.82) is 0 Å². The Morgan fingerprint density at radius 3 is 2.41 bits per heavy atom. The van der Waals surface area contributed by atoms with Gasteiger partial charge in [0.2, 0.25) is 0 Å². The van der Waals surface area contributed by atoms with Gasteiger partial charge < -0.3 is 14.4 Å². The number of aromatic nitrogens is 1. The highest BCUT2D eigenvalue weighted by molar-refractivity contribution is 7.13. The molecule has 0 aliphatic carbocycles. The van der Waals surface area contributed by atoms with E-state index < -0.39 is 5.60 Å². The summed E-state index contributed by atoms with van der Waals surface area (Å²) in [7, 11) is 0. The highest BCUT2D eigenvalue weighted by Crippen LogP contribution is 2.24. The number of carbonyl (C=O) groups excluding carboxylic acids is 1. The first kappa shape index (κ1) is 22.3. The van der Waals surface area contributed by atoms with Gasteiger partial charge in [-0.15, -0.1) is 11.3 Å². The van der Waals surface area contributed by atoms with Gasteiger partial charge in [-0.05, 0) is 63.3 Å². The Kier molecular flexibility index (Phi) is 6.80. The van der Waals surface area contributed by atoms with Gasteiger partial charge >= 0.3 is 6.09 Å². The molecule has 0 bridgehead atoms. The van der Waals surface area contributed by atoms with Crippen molar-refractivity contribution in [2.45, 2.75) is 51.7 Å². The van der Waals surface area contributed by atoms with E-state index in [1.165, 1.54) is 11.1 Å². The van der Waals surface area contributed by atoms with Crippen LogP contribution in [0.15, 0.2) is 60.1 Å². The fourth-order valence-corrected chi connectivity index (χ4v) is 4.48. The second-order valence-electron chi connectivity index (χ2n) is 9.14. The lowest BCUT2D eigenvalue weighted by Crippen LogP contribution is -2.42. The number of carbonyl (C=O) groups is 1. The summed E-state index contributed by atoms with van der Waals surface area (Å²) < 4.78 is 11.5. The summed E-state index contributed by atoms with van der Waals surface area (Å²) in [5.74, 6) is 0.823. The smallest absolute Gasteiger partial charge is 0.410 e. The molecule has 1 atom stereocenters. The fourth-order valence-electron chi connectivity index (χ4n) is 3.83. The molecule has 1 saturated heterocycles. The average molecular weight is 451 g/mol. The summed E-state index contributed by atoms with van der Waals surface area (Å²) in [5.41, 5.74) is 3.16. The van der Waals surface area contributed by atoms with Crippen LogP contribution in [0.1, 0.15) is 44.7 Å². The third kappa shape index (κ3) is 5.88. The molecule has 1 amide bonds. The van der Waals surface area contributed by atoms with E-state index in [1.54, 1.807) is 16.2 Å². The molecule has 2 heterocycles. The van der Waals surface area contributed by atoms with Crippen LogP contribution in [0.3, 0.4) is 0 Å². The fraction of sp³-hybridized carbons (Fsp3) is 0.385. The van der Waals surface area contributed by atoms with E-state index in [4.69, 9.17) is 9.47 Å². The van der Waals surface area contributed by atoms with E-state index in [1.807, 2.05) is 44.5 Å². The molecular formula is C26H30N2O3S. The Bertz CT molecular complexity index is 1010. The summed E-state index contributed by atoms with van der Waals surface area (Å²) in [6.07, 6.45) is 4.37. The molecule has 1 aliphatic heterocycles. The van der Waals surface area contributed by atoms with Gasteiger partial charge in [0, 0.05) is 23.7 Å². The van der Waals surface area contributed by atoms with Gasteiger partial charge in [-0.2, -0.15) is 0 Å². The van der Waals surface area contributed by atoms with Crippen molar-refractivity contribution < 1.29 is 14.3 Å². The topological polar surface area (TPSA) is 51.7 Å². The largest absolute Gasteiger partial charge is 0.491 e. The minimum absolute atomic E-state index is 0.0564. The van der Waals surface area contributed by atoms with Gasteiger partial charge in [-0.1, -0.05) is 36.4 Å². The van der Waals surface area contributed by atoms with Crippen LogP contribution >= 0.6 is 11.3 Å². The summed E-state index contributed by atoms with van der Waals surface area (Å²) in [4.78, 5) is 18.6. The first-order chi connectivity index (χ1) is 15.4. The number of hydrogen-bond acceptors (Lipinski definition) is 5. The van der Waals surface area contributed by atoms with E-state index in [0.29, 0.717) is 6.61 Å². The Hall–Kier alpha value is -2.86. The van der Waals surface area contributed by atoms with Crippen LogP contribution in [0.2, 0.25) is 0 Å². The molecule has 0 radical (unpaired) electrons. The highest BCUT2D eigenvalue weighted by Gasteiger charge is 2.32. The van der Waals surface area contributed by atoms with Crippen LogP contribution in [0, 0.1) is 0 Å². The molecule has 6 heteroatoms. The number of likely N-dealkylation sites (tertiary alicyclic amines) is 1. The molecule has 0 spiro atoms. The van der Waals surface area contributed by atoms with Crippen LogP contribution in [-0.4, -0.2) is 40.8 Å². The van der Waals surface area contributed by atoms with Crippen LogP contribution < -0.4 is 4.74 Å². The molecule has 32 heavy (non-hydrogen) atoms. The minimum atomic E-state index is -0.484. The number of rotatable bonds is 6. The lowest BCUT2D eigenvalue weighted by molar-refractivity contribution is 0.0187. The Labute approximate surface area is 194 Å². The maximum atomic E-state index is 12.4. The molecule has 168 valence electrons. The standard InChI is InChI=1S/C26H30N2O3S/c1-26(2,3)31-25(29)28-15-4-5-22(28)18-30-23-12-8-20(9-13-23)17-19-6-10-21(11-7-19)24-27-14-16-32-24/h6-14,16,22H,4-5,15,17-18H2,1-3H3/t22-/m0/s1.